The van der Waals surface area contributed by atoms with Crippen LogP contribution in [0, 0.1) is 5.82 Å². The molecule has 2 aromatic rings. The van der Waals surface area contributed by atoms with E-state index in [0.29, 0.717) is 0 Å². The number of nitrogens with one attached hydrogen (secondary N) is 1. The zero-order valence-corrected chi connectivity index (χ0v) is 14.0. The van der Waals surface area contributed by atoms with E-state index in [1.807, 2.05) is 0 Å². The molecule has 0 saturated carbocycles. The molecular formula is C17H12ClF4NO3. The van der Waals surface area contributed by atoms with Crippen LogP contribution in [0.5, 0.6) is 0 Å². The lowest BCUT2D eigenvalue weighted by Gasteiger charge is -2.15. The van der Waals surface area contributed by atoms with Crippen LogP contribution >= 0.6 is 11.6 Å². The SMILES string of the molecule is CC(OC(=O)c1c(F)cccc1Cl)C(=O)Nc1ccc(C(F)(F)F)cc1. The summed E-state index contributed by atoms with van der Waals surface area (Å²) in [6.07, 6.45) is -5.83. The molecule has 0 spiro atoms. The quantitative estimate of drug-likeness (QED) is 0.610. The van der Waals surface area contributed by atoms with Crippen LogP contribution in [0.25, 0.3) is 0 Å². The van der Waals surface area contributed by atoms with Crippen molar-refractivity contribution < 1.29 is 31.9 Å². The van der Waals surface area contributed by atoms with Gasteiger partial charge in [-0.1, -0.05) is 17.7 Å². The first-order valence-electron chi connectivity index (χ1n) is 7.22. The number of carbonyl (C=O) groups is 2. The Kier molecular flexibility index (Phi) is 5.86. The van der Waals surface area contributed by atoms with Crippen molar-refractivity contribution in [1.29, 1.82) is 0 Å². The summed E-state index contributed by atoms with van der Waals surface area (Å²) in [5.74, 6) is -2.84. The number of rotatable bonds is 4. The van der Waals surface area contributed by atoms with Crippen LogP contribution in [0.4, 0.5) is 23.2 Å². The predicted octanol–water partition coefficient (Wildman–Crippen LogP) is 4.68. The fourth-order valence-electron chi connectivity index (χ4n) is 1.95. The lowest BCUT2D eigenvalue weighted by molar-refractivity contribution is -0.137. The van der Waals surface area contributed by atoms with Gasteiger partial charge in [-0.25, -0.2) is 9.18 Å². The molecule has 0 fully saturated rings. The standard InChI is InChI=1S/C17H12ClF4NO3/c1-9(26-16(25)14-12(18)3-2-4-13(14)19)15(24)23-11-7-5-10(6-8-11)17(20,21)22/h2-9H,1H3,(H,23,24). The summed E-state index contributed by atoms with van der Waals surface area (Å²) in [7, 11) is 0. The summed E-state index contributed by atoms with van der Waals surface area (Å²) in [5, 5.41) is 2.12. The van der Waals surface area contributed by atoms with E-state index in [0.717, 1.165) is 30.3 Å². The molecular weight excluding hydrogens is 378 g/mol. The van der Waals surface area contributed by atoms with Gasteiger partial charge < -0.3 is 10.1 Å². The highest BCUT2D eigenvalue weighted by molar-refractivity contribution is 6.33. The Morgan fingerprint density at radius 2 is 1.73 bits per heavy atom. The summed E-state index contributed by atoms with van der Waals surface area (Å²) in [6.45, 7) is 1.23. The summed E-state index contributed by atoms with van der Waals surface area (Å²) >= 11 is 5.74. The van der Waals surface area contributed by atoms with Crippen molar-refractivity contribution in [3.8, 4) is 0 Å². The van der Waals surface area contributed by atoms with Gasteiger partial charge in [0.15, 0.2) is 6.10 Å². The van der Waals surface area contributed by atoms with Crippen LogP contribution in [0.15, 0.2) is 42.5 Å². The van der Waals surface area contributed by atoms with Gasteiger partial charge >= 0.3 is 12.1 Å². The number of benzene rings is 2. The Morgan fingerprint density at radius 3 is 2.27 bits per heavy atom. The highest BCUT2D eigenvalue weighted by Crippen LogP contribution is 2.29. The van der Waals surface area contributed by atoms with E-state index in [2.05, 4.69) is 5.32 Å². The molecule has 9 heteroatoms. The van der Waals surface area contributed by atoms with Crippen LogP contribution in [-0.2, 0) is 15.7 Å². The largest absolute Gasteiger partial charge is 0.449 e. The lowest BCUT2D eigenvalue weighted by Crippen LogP contribution is -2.30. The summed E-state index contributed by atoms with van der Waals surface area (Å²) < 4.78 is 56.0. The van der Waals surface area contributed by atoms with Crippen LogP contribution in [-0.4, -0.2) is 18.0 Å². The number of hydrogen-bond acceptors (Lipinski definition) is 3. The molecule has 138 valence electrons. The first-order valence-corrected chi connectivity index (χ1v) is 7.60. The van der Waals surface area contributed by atoms with E-state index in [1.54, 1.807) is 0 Å². The van der Waals surface area contributed by atoms with Gasteiger partial charge in [0.2, 0.25) is 0 Å². The van der Waals surface area contributed by atoms with Gasteiger partial charge in [-0.15, -0.1) is 0 Å². The molecule has 1 atom stereocenters. The Morgan fingerprint density at radius 1 is 1.12 bits per heavy atom. The minimum absolute atomic E-state index is 0.0785. The summed E-state index contributed by atoms with van der Waals surface area (Å²) in [6, 6.07) is 7.31. The zero-order valence-electron chi connectivity index (χ0n) is 13.2. The van der Waals surface area contributed by atoms with Crippen molar-refractivity contribution in [2.75, 3.05) is 5.32 Å². The molecule has 0 aromatic heterocycles. The number of halogens is 5. The number of amides is 1. The molecule has 4 nitrogen and oxygen atoms in total. The fraction of sp³-hybridized carbons (Fsp3) is 0.176. The summed E-state index contributed by atoms with van der Waals surface area (Å²) in [4.78, 5) is 24.0. The zero-order chi connectivity index (χ0) is 19.5. The van der Waals surface area contributed by atoms with E-state index >= 15 is 0 Å². The molecule has 0 heterocycles. The Balaban J connectivity index is 2.02. The first kappa shape index (κ1) is 19.7. The Hall–Kier alpha value is -2.61. The van der Waals surface area contributed by atoms with Gasteiger partial charge in [-0.2, -0.15) is 13.2 Å². The normalized spacial score (nSPS) is 12.4. The third-order valence-electron chi connectivity index (χ3n) is 3.30. The second kappa shape index (κ2) is 7.74. The van der Waals surface area contributed by atoms with Crippen LogP contribution in [0.2, 0.25) is 5.02 Å². The molecule has 1 amide bonds. The Bertz CT molecular complexity index is 801. The van der Waals surface area contributed by atoms with Crippen molar-refractivity contribution in [3.63, 3.8) is 0 Å². The second-order valence-corrected chi connectivity index (χ2v) is 5.62. The maximum absolute atomic E-state index is 13.7. The van der Waals surface area contributed by atoms with Gasteiger partial charge in [-0.3, -0.25) is 4.79 Å². The summed E-state index contributed by atoms with van der Waals surface area (Å²) in [5.41, 5.74) is -1.30. The second-order valence-electron chi connectivity index (χ2n) is 5.21. The minimum atomic E-state index is -4.50. The van der Waals surface area contributed by atoms with E-state index in [-0.39, 0.29) is 10.7 Å². The fourth-order valence-corrected chi connectivity index (χ4v) is 2.19. The maximum atomic E-state index is 13.7. The third kappa shape index (κ3) is 4.72. The molecule has 2 rings (SSSR count). The first-order chi connectivity index (χ1) is 12.1. The van der Waals surface area contributed by atoms with Crippen molar-refractivity contribution >= 4 is 29.2 Å². The van der Waals surface area contributed by atoms with Crippen molar-refractivity contribution in [1.82, 2.24) is 0 Å². The number of carbonyl (C=O) groups excluding carboxylic acids is 2. The van der Waals surface area contributed by atoms with E-state index < -0.39 is 41.1 Å². The van der Waals surface area contributed by atoms with Gasteiger partial charge in [-0.05, 0) is 43.3 Å². The monoisotopic (exact) mass is 389 g/mol. The topological polar surface area (TPSA) is 55.4 Å². The molecule has 0 aliphatic rings. The van der Waals surface area contributed by atoms with Gasteiger partial charge in [0, 0.05) is 5.69 Å². The lowest BCUT2D eigenvalue weighted by atomic mass is 10.2. The van der Waals surface area contributed by atoms with Crippen molar-refractivity contribution in [3.05, 3.63) is 64.4 Å². The molecule has 0 aliphatic heterocycles. The number of hydrogen-bond donors (Lipinski definition) is 1. The van der Waals surface area contributed by atoms with Crippen LogP contribution in [0.1, 0.15) is 22.8 Å². The molecule has 1 unspecified atom stereocenters. The smallest absolute Gasteiger partial charge is 0.416 e. The number of alkyl halides is 3. The number of esters is 1. The Labute approximate surface area is 150 Å². The van der Waals surface area contributed by atoms with E-state index in [1.165, 1.54) is 19.1 Å². The van der Waals surface area contributed by atoms with E-state index in [4.69, 9.17) is 16.3 Å². The molecule has 0 aliphatic carbocycles. The maximum Gasteiger partial charge on any atom is 0.416 e. The average Bonchev–Trinajstić information content (AvgIpc) is 2.54. The van der Waals surface area contributed by atoms with Crippen molar-refractivity contribution in [2.45, 2.75) is 19.2 Å². The molecule has 0 bridgehead atoms. The molecule has 2 aromatic carbocycles. The molecule has 0 saturated heterocycles. The van der Waals surface area contributed by atoms with Gasteiger partial charge in [0.05, 0.1) is 10.6 Å². The average molecular weight is 390 g/mol. The highest BCUT2D eigenvalue weighted by atomic mass is 35.5. The number of anilines is 1. The molecule has 0 radical (unpaired) electrons. The predicted molar refractivity (Wildman–Crippen MR) is 86.4 cm³/mol. The van der Waals surface area contributed by atoms with Crippen LogP contribution < -0.4 is 5.32 Å². The molecule has 26 heavy (non-hydrogen) atoms. The van der Waals surface area contributed by atoms with Gasteiger partial charge in [0.1, 0.15) is 11.4 Å². The highest BCUT2D eigenvalue weighted by Gasteiger charge is 2.30. The molecule has 1 N–H and O–H groups in total. The van der Waals surface area contributed by atoms with Crippen LogP contribution in [0.3, 0.4) is 0 Å². The third-order valence-corrected chi connectivity index (χ3v) is 3.61. The van der Waals surface area contributed by atoms with Crippen molar-refractivity contribution in [2.24, 2.45) is 0 Å². The van der Waals surface area contributed by atoms with Gasteiger partial charge in [0.25, 0.3) is 5.91 Å². The van der Waals surface area contributed by atoms with E-state index in [9.17, 15) is 27.2 Å². The minimum Gasteiger partial charge on any atom is -0.449 e. The number of ether oxygens (including phenoxy) is 1.